The normalized spacial score (nSPS) is 18.7. The third-order valence-electron chi connectivity index (χ3n) is 4.22. The maximum Gasteiger partial charge on any atom is 0.235 e. The molecule has 5 nitrogen and oxygen atoms in total. The van der Waals surface area contributed by atoms with Gasteiger partial charge in [-0.15, -0.1) is 0 Å². The van der Waals surface area contributed by atoms with Gasteiger partial charge in [-0.1, -0.05) is 26.7 Å². The van der Waals surface area contributed by atoms with Gasteiger partial charge in [-0.2, -0.15) is 0 Å². The van der Waals surface area contributed by atoms with E-state index in [1.165, 1.54) is 12.8 Å². The van der Waals surface area contributed by atoms with Crippen LogP contribution in [0.15, 0.2) is 0 Å². The van der Waals surface area contributed by atoms with Crippen LogP contribution in [0.2, 0.25) is 0 Å². The Balaban J connectivity index is 2.56. The first-order valence-corrected chi connectivity index (χ1v) is 8.86. The van der Waals surface area contributed by atoms with Crippen molar-refractivity contribution in [1.82, 2.24) is 10.2 Å². The third kappa shape index (κ3) is 4.45. The molecule has 1 fully saturated rings. The molecule has 0 radical (unpaired) electrons. The van der Waals surface area contributed by atoms with E-state index in [0.29, 0.717) is 6.54 Å². The van der Waals surface area contributed by atoms with E-state index >= 15 is 0 Å². The van der Waals surface area contributed by atoms with Gasteiger partial charge in [0.05, 0.1) is 0 Å². The van der Waals surface area contributed by atoms with Crippen molar-refractivity contribution in [2.75, 3.05) is 31.6 Å². The van der Waals surface area contributed by atoms with Crippen LogP contribution in [-0.4, -0.2) is 56.4 Å². The fourth-order valence-electron chi connectivity index (χ4n) is 2.68. The van der Waals surface area contributed by atoms with Gasteiger partial charge in [0.15, 0.2) is 9.84 Å². The minimum atomic E-state index is -3.24. The van der Waals surface area contributed by atoms with Crippen LogP contribution in [0.25, 0.3) is 0 Å². The first-order chi connectivity index (χ1) is 8.85. The van der Waals surface area contributed by atoms with E-state index in [1.807, 2.05) is 0 Å². The molecule has 6 heteroatoms. The van der Waals surface area contributed by atoms with Crippen molar-refractivity contribution < 1.29 is 13.2 Å². The lowest BCUT2D eigenvalue weighted by Gasteiger charge is -2.38. The van der Waals surface area contributed by atoms with E-state index in [1.54, 1.807) is 6.92 Å². The fourth-order valence-corrected chi connectivity index (χ4v) is 3.38. The van der Waals surface area contributed by atoms with Gasteiger partial charge >= 0.3 is 0 Å². The van der Waals surface area contributed by atoms with Gasteiger partial charge in [0.1, 0.15) is 5.75 Å². The van der Waals surface area contributed by atoms with E-state index in [9.17, 15) is 13.2 Å². The van der Waals surface area contributed by atoms with Crippen LogP contribution in [0.5, 0.6) is 0 Å². The summed E-state index contributed by atoms with van der Waals surface area (Å²) < 4.78 is 22.8. The summed E-state index contributed by atoms with van der Waals surface area (Å²) in [6.45, 7) is 5.15. The number of carbonyl (C=O) groups is 1. The molecule has 1 aliphatic carbocycles. The van der Waals surface area contributed by atoms with E-state index in [0.717, 1.165) is 19.4 Å². The van der Waals surface area contributed by atoms with Crippen LogP contribution < -0.4 is 5.32 Å². The largest absolute Gasteiger partial charge is 0.353 e. The number of nitrogens with zero attached hydrogens (tertiary/aromatic N) is 1. The van der Waals surface area contributed by atoms with Crippen LogP contribution in [0.3, 0.4) is 0 Å². The third-order valence-corrected chi connectivity index (χ3v) is 5.81. The van der Waals surface area contributed by atoms with E-state index < -0.39 is 15.6 Å². The number of rotatable bonds is 7. The predicted molar refractivity (Wildman–Crippen MR) is 76.8 cm³/mol. The number of nitrogens with one attached hydrogen (secondary N) is 1. The van der Waals surface area contributed by atoms with Crippen molar-refractivity contribution in [3.63, 3.8) is 0 Å². The topological polar surface area (TPSA) is 66.5 Å². The second kappa shape index (κ2) is 6.70. The highest BCUT2D eigenvalue weighted by atomic mass is 32.2. The zero-order valence-corrected chi connectivity index (χ0v) is 13.1. The van der Waals surface area contributed by atoms with Gasteiger partial charge in [-0.3, -0.25) is 9.69 Å². The van der Waals surface area contributed by atoms with Gasteiger partial charge < -0.3 is 5.32 Å². The number of likely N-dealkylation sites (N-methyl/N-ethyl adjacent to an activating group) is 1. The molecule has 0 saturated heterocycles. The van der Waals surface area contributed by atoms with Crippen molar-refractivity contribution in [3.8, 4) is 0 Å². The maximum absolute atomic E-state index is 11.7. The summed E-state index contributed by atoms with van der Waals surface area (Å²) in [6, 6.07) is 0. The molecule has 0 aliphatic heterocycles. The van der Waals surface area contributed by atoms with Crippen LogP contribution in [0, 0.1) is 0 Å². The van der Waals surface area contributed by atoms with Crippen LogP contribution in [-0.2, 0) is 14.6 Å². The second-order valence-corrected chi connectivity index (χ2v) is 7.75. The Bertz CT molecular complexity index is 400. The van der Waals surface area contributed by atoms with Crippen molar-refractivity contribution in [2.24, 2.45) is 0 Å². The molecule has 0 heterocycles. The highest BCUT2D eigenvalue weighted by Gasteiger charge is 2.37. The number of amides is 1. The smallest absolute Gasteiger partial charge is 0.235 e. The first kappa shape index (κ1) is 16.4. The molecule has 0 bridgehead atoms. The number of carbonyl (C=O) groups excluding carboxylic acids is 1. The lowest BCUT2D eigenvalue weighted by atomic mass is 9.95. The van der Waals surface area contributed by atoms with Crippen molar-refractivity contribution in [3.05, 3.63) is 0 Å². The zero-order chi connectivity index (χ0) is 14.5. The van der Waals surface area contributed by atoms with Gasteiger partial charge in [0, 0.05) is 17.8 Å². The molecule has 1 rings (SSSR count). The molecule has 0 aromatic rings. The zero-order valence-electron chi connectivity index (χ0n) is 12.2. The molecule has 0 atom stereocenters. The summed E-state index contributed by atoms with van der Waals surface area (Å²) in [7, 11) is -1.17. The Morgan fingerprint density at radius 3 is 2.32 bits per heavy atom. The van der Waals surface area contributed by atoms with Gasteiger partial charge in [0.25, 0.3) is 0 Å². The molecule has 1 saturated carbocycles. The van der Waals surface area contributed by atoms with Crippen LogP contribution in [0.4, 0.5) is 0 Å². The highest BCUT2D eigenvalue weighted by Crippen LogP contribution is 2.33. The quantitative estimate of drug-likeness (QED) is 0.753. The van der Waals surface area contributed by atoms with Gasteiger partial charge in [0.2, 0.25) is 5.91 Å². The molecular weight excluding hydrogens is 264 g/mol. The molecular formula is C13H26N2O3S. The summed E-state index contributed by atoms with van der Waals surface area (Å²) in [5.74, 6) is -0.756. The number of hydrogen-bond donors (Lipinski definition) is 1. The van der Waals surface area contributed by atoms with E-state index in [2.05, 4.69) is 24.2 Å². The molecule has 1 N–H and O–H groups in total. The second-order valence-electron chi connectivity index (χ2n) is 5.40. The Labute approximate surface area is 116 Å². The molecule has 0 aromatic carbocycles. The highest BCUT2D eigenvalue weighted by molar-refractivity contribution is 7.92. The molecule has 0 spiro atoms. The van der Waals surface area contributed by atoms with Crippen molar-refractivity contribution in [2.45, 2.75) is 45.1 Å². The monoisotopic (exact) mass is 290 g/mol. The summed E-state index contributed by atoms with van der Waals surface area (Å²) in [5.41, 5.74) is 0.0143. The average Bonchev–Trinajstić information content (AvgIpc) is 2.85. The van der Waals surface area contributed by atoms with Crippen molar-refractivity contribution in [1.29, 1.82) is 0 Å². The van der Waals surface area contributed by atoms with E-state index in [4.69, 9.17) is 0 Å². The Kier molecular flexibility index (Phi) is 5.80. The predicted octanol–water partition coefficient (Wildman–Crippen LogP) is 0.802. The van der Waals surface area contributed by atoms with Crippen molar-refractivity contribution >= 4 is 15.7 Å². The maximum atomic E-state index is 11.7. The van der Waals surface area contributed by atoms with Crippen LogP contribution in [0.1, 0.15) is 39.5 Å². The molecule has 112 valence electrons. The average molecular weight is 290 g/mol. The van der Waals surface area contributed by atoms with Gasteiger partial charge in [-0.05, 0) is 26.4 Å². The summed E-state index contributed by atoms with van der Waals surface area (Å²) in [5, 5.41) is 2.81. The summed E-state index contributed by atoms with van der Waals surface area (Å²) in [4.78, 5) is 14.0. The molecule has 1 amide bonds. The molecule has 1 aliphatic rings. The minimum Gasteiger partial charge on any atom is -0.353 e. The fraction of sp³-hybridized carbons (Fsp3) is 0.923. The summed E-state index contributed by atoms with van der Waals surface area (Å²) in [6.07, 6.45) is 4.48. The molecule has 0 unspecified atom stereocenters. The minimum absolute atomic E-state index is 0.0143. The van der Waals surface area contributed by atoms with Crippen LogP contribution >= 0.6 is 0 Å². The number of hydrogen-bond acceptors (Lipinski definition) is 4. The molecule has 0 aromatic heterocycles. The Hall–Kier alpha value is -0.620. The molecule has 19 heavy (non-hydrogen) atoms. The number of sulfone groups is 1. The van der Waals surface area contributed by atoms with Gasteiger partial charge in [-0.25, -0.2) is 8.42 Å². The lowest BCUT2D eigenvalue weighted by Crippen LogP contribution is -2.53. The first-order valence-electron chi connectivity index (χ1n) is 7.03. The lowest BCUT2D eigenvalue weighted by molar-refractivity contribution is -0.119. The van der Waals surface area contributed by atoms with E-state index in [-0.39, 0.29) is 17.2 Å². The SMILES string of the molecule is CCN(C)C1(CNC(=O)CS(=O)(=O)CC)CCCC1. The Morgan fingerprint density at radius 1 is 1.26 bits per heavy atom. The standard InChI is InChI=1S/C13H26N2O3S/c1-4-15(3)13(8-6-7-9-13)11-14-12(16)10-19(17,18)5-2/h4-11H2,1-3H3,(H,14,16). The summed E-state index contributed by atoms with van der Waals surface area (Å²) >= 11 is 0. The Morgan fingerprint density at radius 2 is 1.84 bits per heavy atom.